The van der Waals surface area contributed by atoms with Crippen LogP contribution in [0.1, 0.15) is 37.1 Å². The van der Waals surface area contributed by atoms with E-state index in [0.717, 1.165) is 6.07 Å². The summed E-state index contributed by atoms with van der Waals surface area (Å²) in [5.41, 5.74) is 0.702. The number of thiazole rings is 1. The van der Waals surface area contributed by atoms with Gasteiger partial charge in [0.25, 0.3) is 17.4 Å². The quantitative estimate of drug-likeness (QED) is 0.418. The molecule has 2 amide bonds. The molecule has 0 unspecified atom stereocenters. The van der Waals surface area contributed by atoms with Crippen LogP contribution in [0.25, 0.3) is 10.8 Å². The van der Waals surface area contributed by atoms with Gasteiger partial charge in [-0.1, -0.05) is 6.07 Å². The second-order valence-electron chi connectivity index (χ2n) is 8.45. The molecule has 1 N–H and O–H groups in total. The van der Waals surface area contributed by atoms with Crippen LogP contribution in [0.15, 0.2) is 46.6 Å². The molecule has 1 aliphatic heterocycles. The number of terminal acetylenes is 1. The average Bonchev–Trinajstić information content (AvgIpc) is 3.40. The van der Waals surface area contributed by atoms with E-state index in [2.05, 4.69) is 21.1 Å². The molecule has 2 aromatic heterocycles. The van der Waals surface area contributed by atoms with Gasteiger partial charge < -0.3 is 9.80 Å². The number of rotatable bonds is 4. The van der Waals surface area contributed by atoms with E-state index in [9.17, 15) is 23.2 Å². The predicted octanol–water partition coefficient (Wildman–Crippen LogP) is 2.83. The lowest BCUT2D eigenvalue weighted by Crippen LogP contribution is -2.50. The fraction of sp³-hybridized carbons (Fsp3) is 0.192. The van der Waals surface area contributed by atoms with Gasteiger partial charge in [0.2, 0.25) is 0 Å². The van der Waals surface area contributed by atoms with Gasteiger partial charge in [0, 0.05) is 43.4 Å². The minimum atomic E-state index is -0.669. The normalized spacial score (nSPS) is 13.5. The van der Waals surface area contributed by atoms with Gasteiger partial charge in [-0.3, -0.25) is 14.4 Å². The van der Waals surface area contributed by atoms with Crippen molar-refractivity contribution in [3.05, 3.63) is 91.3 Å². The molecule has 5 rings (SSSR count). The van der Waals surface area contributed by atoms with Crippen molar-refractivity contribution < 1.29 is 18.4 Å². The standard InChI is InChI=1S/C26H19F2N5O3S/c1-2-23-29-22(14-37-23)26(36)33-9-7-32(8-10-33)25(35)19-11-15(3-6-20(19)28)12-21-17-5-4-16(27)13-18(17)24(34)31-30-21/h1,3-6,11,13-14H,7-10,12H2,(H,31,34). The van der Waals surface area contributed by atoms with Gasteiger partial charge in [0.1, 0.15) is 17.3 Å². The van der Waals surface area contributed by atoms with Gasteiger partial charge in [-0.05, 0) is 41.8 Å². The Morgan fingerprint density at radius 2 is 1.76 bits per heavy atom. The zero-order chi connectivity index (χ0) is 26.1. The number of piperazine rings is 1. The molecule has 1 saturated heterocycles. The Hall–Kier alpha value is -4.43. The third kappa shape index (κ3) is 4.83. The van der Waals surface area contributed by atoms with Crippen molar-refractivity contribution in [1.29, 1.82) is 0 Å². The maximum absolute atomic E-state index is 14.7. The molecule has 0 saturated carbocycles. The Kier molecular flexibility index (Phi) is 6.50. The van der Waals surface area contributed by atoms with E-state index in [-0.39, 0.29) is 55.2 Å². The van der Waals surface area contributed by atoms with Crippen LogP contribution in [0, 0.1) is 24.0 Å². The summed E-state index contributed by atoms with van der Waals surface area (Å²) in [7, 11) is 0. The first-order valence-electron chi connectivity index (χ1n) is 11.3. The van der Waals surface area contributed by atoms with Crippen molar-refractivity contribution in [2.45, 2.75) is 6.42 Å². The number of carbonyl (C=O) groups excluding carboxylic acids is 2. The molecule has 1 fully saturated rings. The third-order valence-corrected chi connectivity index (χ3v) is 6.94. The zero-order valence-corrected chi connectivity index (χ0v) is 20.1. The van der Waals surface area contributed by atoms with Crippen LogP contribution in [0.2, 0.25) is 0 Å². The molecule has 37 heavy (non-hydrogen) atoms. The first-order chi connectivity index (χ1) is 17.8. The van der Waals surface area contributed by atoms with Crippen LogP contribution < -0.4 is 5.56 Å². The number of benzene rings is 2. The molecule has 0 aliphatic carbocycles. The Morgan fingerprint density at radius 1 is 1.03 bits per heavy atom. The minimum absolute atomic E-state index is 0.102. The number of aromatic nitrogens is 3. The number of amides is 2. The zero-order valence-electron chi connectivity index (χ0n) is 19.3. The van der Waals surface area contributed by atoms with Gasteiger partial charge >= 0.3 is 0 Å². The van der Waals surface area contributed by atoms with Gasteiger partial charge in [-0.15, -0.1) is 17.8 Å². The summed E-state index contributed by atoms with van der Waals surface area (Å²) >= 11 is 1.21. The first kappa shape index (κ1) is 24.3. The number of hydrogen-bond acceptors (Lipinski definition) is 6. The monoisotopic (exact) mass is 519 g/mol. The van der Waals surface area contributed by atoms with E-state index in [1.807, 2.05) is 0 Å². The van der Waals surface area contributed by atoms with Crippen molar-refractivity contribution >= 4 is 33.9 Å². The fourth-order valence-corrected chi connectivity index (χ4v) is 4.85. The molecule has 4 aromatic rings. The highest BCUT2D eigenvalue weighted by molar-refractivity contribution is 7.10. The summed E-state index contributed by atoms with van der Waals surface area (Å²) in [5, 5.41) is 9.08. The summed E-state index contributed by atoms with van der Waals surface area (Å²) in [5.74, 6) is 0.428. The number of aromatic amines is 1. The summed E-state index contributed by atoms with van der Waals surface area (Å²) in [6.45, 7) is 1.02. The van der Waals surface area contributed by atoms with E-state index in [1.54, 1.807) is 10.3 Å². The Morgan fingerprint density at radius 3 is 2.46 bits per heavy atom. The van der Waals surface area contributed by atoms with E-state index in [4.69, 9.17) is 6.42 Å². The molecular weight excluding hydrogens is 500 g/mol. The van der Waals surface area contributed by atoms with Gasteiger partial charge in [0.05, 0.1) is 16.6 Å². The molecule has 1 aliphatic rings. The summed E-state index contributed by atoms with van der Waals surface area (Å²) in [6.07, 6.45) is 5.51. The van der Waals surface area contributed by atoms with Crippen molar-refractivity contribution in [2.24, 2.45) is 0 Å². The molecule has 0 spiro atoms. The molecular formula is C26H19F2N5O3S. The molecule has 2 aromatic carbocycles. The van der Waals surface area contributed by atoms with E-state index < -0.39 is 23.1 Å². The third-order valence-electron chi connectivity index (χ3n) is 6.16. The van der Waals surface area contributed by atoms with Gasteiger partial charge in [0.15, 0.2) is 5.01 Å². The van der Waals surface area contributed by atoms with Crippen LogP contribution in [0.4, 0.5) is 8.78 Å². The lowest BCUT2D eigenvalue weighted by atomic mass is 10.0. The lowest BCUT2D eigenvalue weighted by molar-refractivity contribution is 0.0530. The molecule has 3 heterocycles. The second kappa shape index (κ2) is 9.91. The smallest absolute Gasteiger partial charge is 0.273 e. The highest BCUT2D eigenvalue weighted by atomic mass is 32.1. The number of halogens is 2. The van der Waals surface area contributed by atoms with E-state index in [1.165, 1.54) is 46.6 Å². The van der Waals surface area contributed by atoms with E-state index in [0.29, 0.717) is 21.7 Å². The highest BCUT2D eigenvalue weighted by Gasteiger charge is 2.28. The van der Waals surface area contributed by atoms with Crippen LogP contribution in [-0.4, -0.2) is 63.0 Å². The summed E-state index contributed by atoms with van der Waals surface area (Å²) in [4.78, 5) is 45.1. The SMILES string of the molecule is C#Cc1nc(C(=O)N2CCN(C(=O)c3cc(Cc4n[nH]c(=O)c5cc(F)ccc45)ccc3F)CC2)cs1. The van der Waals surface area contributed by atoms with Crippen LogP contribution in [0.3, 0.4) is 0 Å². The second-order valence-corrected chi connectivity index (χ2v) is 9.31. The van der Waals surface area contributed by atoms with Crippen molar-refractivity contribution in [3.63, 3.8) is 0 Å². The van der Waals surface area contributed by atoms with Crippen molar-refractivity contribution in [2.75, 3.05) is 26.2 Å². The predicted molar refractivity (Wildman–Crippen MR) is 133 cm³/mol. The van der Waals surface area contributed by atoms with Crippen LogP contribution >= 0.6 is 11.3 Å². The summed E-state index contributed by atoms with van der Waals surface area (Å²) in [6, 6.07) is 8.03. The molecule has 0 radical (unpaired) electrons. The fourth-order valence-electron chi connectivity index (χ4n) is 4.25. The highest BCUT2D eigenvalue weighted by Crippen LogP contribution is 2.21. The van der Waals surface area contributed by atoms with E-state index >= 15 is 0 Å². The average molecular weight is 520 g/mol. The number of H-pyrrole nitrogens is 1. The van der Waals surface area contributed by atoms with Crippen molar-refractivity contribution in [1.82, 2.24) is 25.0 Å². The molecule has 186 valence electrons. The number of hydrogen-bond donors (Lipinski definition) is 1. The molecule has 8 nitrogen and oxygen atoms in total. The maximum atomic E-state index is 14.7. The molecule has 11 heteroatoms. The largest absolute Gasteiger partial charge is 0.335 e. The Labute approximate surface area is 213 Å². The van der Waals surface area contributed by atoms with Gasteiger partial charge in [-0.2, -0.15) is 5.10 Å². The number of nitrogens with one attached hydrogen (secondary N) is 1. The lowest BCUT2D eigenvalue weighted by Gasteiger charge is -2.34. The Balaban J connectivity index is 1.31. The van der Waals surface area contributed by atoms with Gasteiger partial charge in [-0.25, -0.2) is 18.9 Å². The van der Waals surface area contributed by atoms with Crippen molar-refractivity contribution in [3.8, 4) is 12.3 Å². The van der Waals surface area contributed by atoms with Crippen LogP contribution in [0.5, 0.6) is 0 Å². The number of fused-ring (bicyclic) bond motifs is 1. The topological polar surface area (TPSA) is 99.3 Å². The minimum Gasteiger partial charge on any atom is -0.335 e. The summed E-state index contributed by atoms with van der Waals surface area (Å²) < 4.78 is 28.3. The maximum Gasteiger partial charge on any atom is 0.273 e. The van der Waals surface area contributed by atoms with Crippen LogP contribution in [-0.2, 0) is 6.42 Å². The number of nitrogens with zero attached hydrogens (tertiary/aromatic N) is 4. The Bertz CT molecular complexity index is 1630. The molecule has 0 bridgehead atoms. The number of carbonyl (C=O) groups is 2. The molecule has 0 atom stereocenters. The first-order valence-corrected chi connectivity index (χ1v) is 12.2.